The zero-order valence-corrected chi connectivity index (χ0v) is 13.7. The van der Waals surface area contributed by atoms with E-state index in [2.05, 4.69) is 9.93 Å². The SMILES string of the molecule is CC/C(=N/NS(=O)(=O)c1ccc(OC)cc1)c1ccccc1O. The van der Waals surface area contributed by atoms with Crippen molar-refractivity contribution in [2.24, 2.45) is 5.10 Å². The van der Waals surface area contributed by atoms with Gasteiger partial charge in [0.15, 0.2) is 0 Å². The van der Waals surface area contributed by atoms with E-state index in [0.29, 0.717) is 23.4 Å². The van der Waals surface area contributed by atoms with E-state index < -0.39 is 10.0 Å². The minimum absolute atomic E-state index is 0.0525. The van der Waals surface area contributed by atoms with Gasteiger partial charge in [0.1, 0.15) is 11.5 Å². The lowest BCUT2D eigenvalue weighted by molar-refractivity contribution is 0.414. The van der Waals surface area contributed by atoms with Crippen LogP contribution >= 0.6 is 0 Å². The van der Waals surface area contributed by atoms with Crippen molar-refractivity contribution in [3.63, 3.8) is 0 Å². The monoisotopic (exact) mass is 334 g/mol. The van der Waals surface area contributed by atoms with Crippen molar-refractivity contribution in [2.45, 2.75) is 18.2 Å². The molecule has 0 spiro atoms. The van der Waals surface area contributed by atoms with E-state index in [1.165, 1.54) is 25.3 Å². The van der Waals surface area contributed by atoms with Crippen LogP contribution in [0.25, 0.3) is 0 Å². The van der Waals surface area contributed by atoms with Crippen molar-refractivity contribution in [1.29, 1.82) is 0 Å². The second-order valence-electron chi connectivity index (χ2n) is 4.70. The first-order valence-corrected chi connectivity index (χ1v) is 8.47. The van der Waals surface area contributed by atoms with Gasteiger partial charge in [0, 0.05) is 5.56 Å². The van der Waals surface area contributed by atoms with Crippen LogP contribution in [0, 0.1) is 0 Å². The summed E-state index contributed by atoms with van der Waals surface area (Å²) in [6, 6.07) is 12.6. The van der Waals surface area contributed by atoms with E-state index in [1.807, 2.05) is 6.92 Å². The number of aromatic hydroxyl groups is 1. The summed E-state index contributed by atoms with van der Waals surface area (Å²) in [5.41, 5.74) is 0.938. The van der Waals surface area contributed by atoms with Crippen LogP contribution in [0.5, 0.6) is 11.5 Å². The Bertz CT molecular complexity index is 799. The highest BCUT2D eigenvalue weighted by Gasteiger charge is 2.14. The van der Waals surface area contributed by atoms with E-state index in [0.717, 1.165) is 0 Å². The number of hydrogen-bond donors (Lipinski definition) is 2. The molecule has 0 fully saturated rings. The number of rotatable bonds is 6. The van der Waals surface area contributed by atoms with Gasteiger partial charge >= 0.3 is 0 Å². The fourth-order valence-corrected chi connectivity index (χ4v) is 2.80. The second kappa shape index (κ2) is 7.15. The molecule has 0 saturated heterocycles. The van der Waals surface area contributed by atoms with E-state index in [-0.39, 0.29) is 10.6 Å². The van der Waals surface area contributed by atoms with Crippen LogP contribution in [-0.4, -0.2) is 26.3 Å². The highest BCUT2D eigenvalue weighted by Crippen LogP contribution is 2.19. The van der Waals surface area contributed by atoms with Crippen LogP contribution in [0.1, 0.15) is 18.9 Å². The molecule has 0 unspecified atom stereocenters. The molecule has 7 heteroatoms. The number of para-hydroxylation sites is 1. The van der Waals surface area contributed by atoms with Crippen molar-refractivity contribution in [3.8, 4) is 11.5 Å². The molecule has 0 aliphatic rings. The first kappa shape index (κ1) is 16.8. The molecule has 122 valence electrons. The molecule has 0 radical (unpaired) electrons. The Hall–Kier alpha value is -2.54. The molecule has 2 aromatic rings. The first-order valence-electron chi connectivity index (χ1n) is 6.98. The predicted octanol–water partition coefficient (Wildman–Crippen LogP) is 2.49. The lowest BCUT2D eigenvalue weighted by Crippen LogP contribution is -2.20. The van der Waals surface area contributed by atoms with Crippen LogP contribution in [0.15, 0.2) is 58.5 Å². The van der Waals surface area contributed by atoms with Crippen LogP contribution in [0.3, 0.4) is 0 Å². The Kier molecular flexibility index (Phi) is 5.23. The molecular weight excluding hydrogens is 316 g/mol. The summed E-state index contributed by atoms with van der Waals surface area (Å²) in [6.07, 6.45) is 0.461. The summed E-state index contributed by atoms with van der Waals surface area (Å²) in [5.74, 6) is 0.618. The third-order valence-electron chi connectivity index (χ3n) is 3.22. The molecular formula is C16H18N2O4S. The summed E-state index contributed by atoms with van der Waals surface area (Å²) in [7, 11) is -2.28. The van der Waals surface area contributed by atoms with Crippen LogP contribution in [0.2, 0.25) is 0 Å². The minimum Gasteiger partial charge on any atom is -0.507 e. The fourth-order valence-electron chi connectivity index (χ4n) is 1.97. The summed E-state index contributed by atoms with van der Waals surface area (Å²) < 4.78 is 29.5. The van der Waals surface area contributed by atoms with Crippen molar-refractivity contribution in [2.75, 3.05) is 7.11 Å². The third kappa shape index (κ3) is 4.01. The highest BCUT2D eigenvalue weighted by atomic mass is 32.2. The minimum atomic E-state index is -3.79. The molecule has 23 heavy (non-hydrogen) atoms. The Morgan fingerprint density at radius 1 is 1.17 bits per heavy atom. The first-order chi connectivity index (χ1) is 11.0. The lowest BCUT2D eigenvalue weighted by atomic mass is 10.1. The number of nitrogens with zero attached hydrogens (tertiary/aromatic N) is 1. The average molecular weight is 334 g/mol. The number of nitrogens with one attached hydrogen (secondary N) is 1. The molecule has 0 aromatic heterocycles. The maximum absolute atomic E-state index is 12.2. The number of phenolic OH excluding ortho intramolecular Hbond substituents is 1. The van der Waals surface area contributed by atoms with Gasteiger partial charge in [-0.2, -0.15) is 18.4 Å². The van der Waals surface area contributed by atoms with Crippen LogP contribution in [0.4, 0.5) is 0 Å². The summed E-state index contributed by atoms with van der Waals surface area (Å²) in [6.45, 7) is 1.83. The Labute approximate surface area is 135 Å². The maximum Gasteiger partial charge on any atom is 0.276 e. The number of ether oxygens (including phenoxy) is 1. The van der Waals surface area contributed by atoms with Crippen molar-refractivity contribution < 1.29 is 18.3 Å². The van der Waals surface area contributed by atoms with E-state index in [1.54, 1.807) is 30.3 Å². The zero-order valence-electron chi connectivity index (χ0n) is 12.9. The molecule has 2 rings (SSSR count). The topological polar surface area (TPSA) is 88.0 Å². The van der Waals surface area contributed by atoms with Crippen molar-refractivity contribution >= 4 is 15.7 Å². The van der Waals surface area contributed by atoms with Gasteiger partial charge in [-0.05, 0) is 42.8 Å². The second-order valence-corrected chi connectivity index (χ2v) is 6.36. The maximum atomic E-state index is 12.2. The number of phenols is 1. The van der Waals surface area contributed by atoms with E-state index in [4.69, 9.17) is 4.74 Å². The normalized spacial score (nSPS) is 12.0. The third-order valence-corrected chi connectivity index (χ3v) is 4.44. The number of hydrogen-bond acceptors (Lipinski definition) is 5. The van der Waals surface area contributed by atoms with Gasteiger partial charge in [-0.25, -0.2) is 0 Å². The van der Waals surface area contributed by atoms with Crippen LogP contribution in [-0.2, 0) is 10.0 Å². The standard InChI is InChI=1S/C16H18N2O4S/c1-3-15(14-6-4-5-7-16(14)19)17-18-23(20,21)13-10-8-12(22-2)9-11-13/h4-11,18-19H,3H2,1-2H3/b17-15-. The Morgan fingerprint density at radius 3 is 2.39 bits per heavy atom. The molecule has 0 saturated carbocycles. The van der Waals surface area contributed by atoms with Crippen LogP contribution < -0.4 is 9.57 Å². The predicted molar refractivity (Wildman–Crippen MR) is 88.3 cm³/mol. The molecule has 0 atom stereocenters. The number of hydrazone groups is 1. The molecule has 0 heterocycles. The highest BCUT2D eigenvalue weighted by molar-refractivity contribution is 7.89. The molecule has 0 bridgehead atoms. The van der Waals surface area contributed by atoms with Gasteiger partial charge in [0.25, 0.3) is 10.0 Å². The van der Waals surface area contributed by atoms with Gasteiger partial charge in [-0.1, -0.05) is 19.1 Å². The fraction of sp³-hybridized carbons (Fsp3) is 0.188. The lowest BCUT2D eigenvalue weighted by Gasteiger charge is -2.09. The summed E-state index contributed by atoms with van der Waals surface area (Å²) >= 11 is 0. The molecule has 2 N–H and O–H groups in total. The average Bonchev–Trinajstić information content (AvgIpc) is 2.57. The number of methoxy groups -OCH3 is 1. The van der Waals surface area contributed by atoms with Crippen molar-refractivity contribution in [3.05, 3.63) is 54.1 Å². The smallest absolute Gasteiger partial charge is 0.276 e. The summed E-state index contributed by atoms with van der Waals surface area (Å²) in [4.78, 5) is 2.28. The quantitative estimate of drug-likeness (QED) is 0.627. The molecule has 6 nitrogen and oxygen atoms in total. The van der Waals surface area contributed by atoms with Gasteiger partial charge < -0.3 is 9.84 Å². The van der Waals surface area contributed by atoms with Crippen molar-refractivity contribution in [1.82, 2.24) is 4.83 Å². The largest absolute Gasteiger partial charge is 0.507 e. The Morgan fingerprint density at radius 2 is 1.83 bits per heavy atom. The molecule has 0 amide bonds. The van der Waals surface area contributed by atoms with Gasteiger partial charge in [0.05, 0.1) is 17.7 Å². The molecule has 2 aromatic carbocycles. The van der Waals surface area contributed by atoms with Gasteiger partial charge in [-0.15, -0.1) is 0 Å². The van der Waals surface area contributed by atoms with E-state index in [9.17, 15) is 13.5 Å². The molecule has 0 aliphatic heterocycles. The Balaban J connectivity index is 2.26. The number of benzene rings is 2. The zero-order chi connectivity index (χ0) is 16.9. The van der Waals surface area contributed by atoms with Gasteiger partial charge in [0.2, 0.25) is 0 Å². The van der Waals surface area contributed by atoms with Gasteiger partial charge in [-0.3, -0.25) is 0 Å². The summed E-state index contributed by atoms with van der Waals surface area (Å²) in [5, 5.41) is 13.8. The number of sulfonamides is 1. The molecule has 0 aliphatic carbocycles. The van der Waals surface area contributed by atoms with E-state index >= 15 is 0 Å².